The van der Waals surface area contributed by atoms with Gasteiger partial charge >= 0.3 is 0 Å². The van der Waals surface area contributed by atoms with Gasteiger partial charge < -0.3 is 28.8 Å². The number of amides is 1. The highest BCUT2D eigenvalue weighted by atomic mass is 31.2. The molecular formula is C56H99N2O6P. The number of hydrogen-bond donors (Lipinski definition) is 2. The van der Waals surface area contributed by atoms with E-state index in [0.29, 0.717) is 17.4 Å². The molecule has 3 unspecified atom stereocenters. The molecule has 1 amide bonds. The second kappa shape index (κ2) is 46.5. The van der Waals surface area contributed by atoms with Crippen LogP contribution in [-0.2, 0) is 18.4 Å². The molecule has 0 aromatic carbocycles. The maximum absolute atomic E-state index is 12.9. The summed E-state index contributed by atoms with van der Waals surface area (Å²) in [6.07, 6.45) is 66.2. The van der Waals surface area contributed by atoms with Gasteiger partial charge in [-0.1, -0.05) is 201 Å². The molecule has 0 saturated carbocycles. The Kier molecular flexibility index (Phi) is 44.7. The van der Waals surface area contributed by atoms with Crippen LogP contribution in [0.2, 0.25) is 0 Å². The second-order valence-electron chi connectivity index (χ2n) is 18.5. The van der Waals surface area contributed by atoms with E-state index in [2.05, 4.69) is 104 Å². The van der Waals surface area contributed by atoms with Crippen LogP contribution in [0.15, 0.2) is 97.2 Å². The molecule has 0 spiro atoms. The summed E-state index contributed by atoms with van der Waals surface area (Å²) in [5.41, 5.74) is 0. The molecule has 374 valence electrons. The number of nitrogens with zero attached hydrogens (tertiary/aromatic N) is 1. The zero-order valence-electron chi connectivity index (χ0n) is 42.4. The topological polar surface area (TPSA) is 108 Å². The summed E-state index contributed by atoms with van der Waals surface area (Å²) in [6, 6.07) is -0.915. The number of rotatable bonds is 46. The first-order valence-electron chi connectivity index (χ1n) is 26.1. The van der Waals surface area contributed by atoms with E-state index < -0.39 is 26.6 Å². The average molecular weight is 927 g/mol. The van der Waals surface area contributed by atoms with Crippen LogP contribution in [0.1, 0.15) is 200 Å². The van der Waals surface area contributed by atoms with Gasteiger partial charge in [-0.25, -0.2) is 0 Å². The van der Waals surface area contributed by atoms with Crippen molar-refractivity contribution >= 4 is 13.7 Å². The smallest absolute Gasteiger partial charge is 0.268 e. The monoisotopic (exact) mass is 927 g/mol. The minimum atomic E-state index is -4.61. The molecule has 0 rings (SSSR count). The van der Waals surface area contributed by atoms with Gasteiger partial charge in [0.25, 0.3) is 7.82 Å². The molecule has 8 nitrogen and oxygen atoms in total. The minimum Gasteiger partial charge on any atom is -0.756 e. The summed E-state index contributed by atoms with van der Waals surface area (Å²) in [5.74, 6) is -0.218. The van der Waals surface area contributed by atoms with Crippen molar-refractivity contribution in [3.63, 3.8) is 0 Å². The lowest BCUT2D eigenvalue weighted by Crippen LogP contribution is -2.45. The standard InChI is InChI=1S/C56H99N2O6P/c1-6-8-10-12-14-16-18-20-22-23-24-25-26-27-28-29-30-31-32-33-34-35-36-38-40-42-44-46-48-50-56(60)57-54(53-64-65(61,62)63-52-51-58(3,4)5)55(59)49-47-45-43-41-39-37-21-19-17-15-13-11-9-7-2/h8,10,14,16-17,19-20,22,24-25,27-28,39,41,47,49,54-55,59H,6-7,9,11-13,15,18,21,23,26,29-38,40,42-46,48,50-53H2,1-5H3,(H-,57,60,61,62)/b10-8-,16-14-,19-17+,22-20-,25-24-,28-27-,41-39+,49-47+. The van der Waals surface area contributed by atoms with Gasteiger partial charge in [-0.15, -0.1) is 0 Å². The third-order valence-corrected chi connectivity index (χ3v) is 12.0. The van der Waals surface area contributed by atoms with Gasteiger partial charge in [0.1, 0.15) is 13.2 Å². The Hall–Kier alpha value is -2.58. The molecule has 0 aliphatic carbocycles. The number of unbranched alkanes of at least 4 members (excludes halogenated alkanes) is 19. The highest BCUT2D eigenvalue weighted by Gasteiger charge is 2.23. The van der Waals surface area contributed by atoms with Gasteiger partial charge in [0.05, 0.1) is 39.9 Å². The molecule has 0 heterocycles. The van der Waals surface area contributed by atoms with E-state index in [1.54, 1.807) is 6.08 Å². The van der Waals surface area contributed by atoms with Crippen LogP contribution in [0.3, 0.4) is 0 Å². The Morgan fingerprint density at radius 2 is 0.954 bits per heavy atom. The average Bonchev–Trinajstić information content (AvgIpc) is 3.26. The van der Waals surface area contributed by atoms with Crippen molar-refractivity contribution in [2.75, 3.05) is 40.9 Å². The number of carbonyl (C=O) groups is 1. The summed E-state index contributed by atoms with van der Waals surface area (Å²) in [7, 11) is 1.22. The van der Waals surface area contributed by atoms with Crippen LogP contribution < -0.4 is 10.2 Å². The molecule has 0 aromatic rings. The Balaban J connectivity index is 4.23. The van der Waals surface area contributed by atoms with E-state index in [4.69, 9.17) is 9.05 Å². The summed E-state index contributed by atoms with van der Waals surface area (Å²) in [5, 5.41) is 13.8. The minimum absolute atomic E-state index is 0.0134. The highest BCUT2D eigenvalue weighted by Crippen LogP contribution is 2.38. The fraction of sp³-hybridized carbons (Fsp3) is 0.696. The number of carbonyl (C=O) groups excluding carboxylic acids is 1. The predicted molar refractivity (Wildman–Crippen MR) is 279 cm³/mol. The second-order valence-corrected chi connectivity index (χ2v) is 19.9. The van der Waals surface area contributed by atoms with Crippen molar-refractivity contribution in [3.8, 4) is 0 Å². The van der Waals surface area contributed by atoms with E-state index in [9.17, 15) is 19.4 Å². The molecule has 65 heavy (non-hydrogen) atoms. The lowest BCUT2D eigenvalue weighted by molar-refractivity contribution is -0.870. The zero-order valence-corrected chi connectivity index (χ0v) is 43.3. The van der Waals surface area contributed by atoms with E-state index in [1.165, 1.54) is 96.3 Å². The van der Waals surface area contributed by atoms with Crippen LogP contribution in [0.25, 0.3) is 0 Å². The van der Waals surface area contributed by atoms with Crippen molar-refractivity contribution < 1.29 is 32.9 Å². The summed E-state index contributed by atoms with van der Waals surface area (Å²) in [6.45, 7) is 4.47. The summed E-state index contributed by atoms with van der Waals surface area (Å²) < 4.78 is 23.2. The molecule has 0 aliphatic rings. The van der Waals surface area contributed by atoms with E-state index >= 15 is 0 Å². The van der Waals surface area contributed by atoms with Gasteiger partial charge in [0, 0.05) is 6.42 Å². The fourth-order valence-corrected chi connectivity index (χ4v) is 7.64. The maximum atomic E-state index is 12.9. The van der Waals surface area contributed by atoms with Crippen molar-refractivity contribution in [3.05, 3.63) is 97.2 Å². The summed E-state index contributed by atoms with van der Waals surface area (Å²) >= 11 is 0. The van der Waals surface area contributed by atoms with Crippen LogP contribution in [0, 0.1) is 0 Å². The fourth-order valence-electron chi connectivity index (χ4n) is 6.92. The first-order chi connectivity index (χ1) is 31.5. The third kappa shape index (κ3) is 49.2. The number of quaternary nitrogens is 1. The molecule has 2 N–H and O–H groups in total. The maximum Gasteiger partial charge on any atom is 0.268 e. The number of phosphoric acid groups is 1. The van der Waals surface area contributed by atoms with Gasteiger partial charge in [-0.05, 0) is 89.9 Å². The van der Waals surface area contributed by atoms with Gasteiger partial charge in [0.15, 0.2) is 0 Å². The molecular weight excluding hydrogens is 828 g/mol. The van der Waals surface area contributed by atoms with Crippen molar-refractivity contribution in [2.24, 2.45) is 0 Å². The van der Waals surface area contributed by atoms with Gasteiger partial charge in [-0.3, -0.25) is 9.36 Å². The largest absolute Gasteiger partial charge is 0.756 e. The molecule has 3 atom stereocenters. The number of aliphatic hydroxyl groups excluding tert-OH is 1. The molecule has 0 fully saturated rings. The Labute approximate surface area is 400 Å². The van der Waals surface area contributed by atoms with Crippen molar-refractivity contribution in [1.82, 2.24) is 5.32 Å². The quantitative estimate of drug-likeness (QED) is 0.0272. The van der Waals surface area contributed by atoms with Gasteiger partial charge in [0.2, 0.25) is 5.91 Å². The van der Waals surface area contributed by atoms with Gasteiger partial charge in [-0.2, -0.15) is 0 Å². The first-order valence-corrected chi connectivity index (χ1v) is 27.6. The molecule has 0 bridgehead atoms. The number of nitrogens with one attached hydrogen (secondary N) is 1. The first kappa shape index (κ1) is 62.4. The van der Waals surface area contributed by atoms with Crippen LogP contribution in [-0.4, -0.2) is 68.5 Å². The molecule has 0 aliphatic heterocycles. The number of aliphatic hydroxyl groups is 1. The molecule has 0 saturated heterocycles. The van der Waals surface area contributed by atoms with Crippen LogP contribution >= 0.6 is 7.82 Å². The zero-order chi connectivity index (χ0) is 47.8. The predicted octanol–water partition coefficient (Wildman–Crippen LogP) is 14.8. The number of allylic oxidation sites excluding steroid dienone is 15. The van der Waals surface area contributed by atoms with E-state index in [0.717, 1.165) is 83.5 Å². The van der Waals surface area contributed by atoms with Crippen LogP contribution in [0.4, 0.5) is 0 Å². The van der Waals surface area contributed by atoms with Crippen molar-refractivity contribution in [2.45, 2.75) is 212 Å². The number of phosphoric ester groups is 1. The van der Waals surface area contributed by atoms with E-state index in [1.807, 2.05) is 27.2 Å². The number of likely N-dealkylation sites (N-methyl/N-ethyl adjacent to an activating group) is 1. The SMILES string of the molecule is CC/C=C\C/C=C\C/C=C\C/C=C\C/C=C\CCCCCCCCCCCCCCCC(=O)NC(COP(=O)([O-])OCC[N+](C)(C)C)C(O)/C=C/CC/C=C/CC/C=C/CCCCCC. The molecule has 9 heteroatoms. The third-order valence-electron chi connectivity index (χ3n) is 11.0. The lowest BCUT2D eigenvalue weighted by atomic mass is 10.0. The molecule has 0 aromatic heterocycles. The Morgan fingerprint density at radius 3 is 1.43 bits per heavy atom. The summed E-state index contributed by atoms with van der Waals surface area (Å²) in [4.78, 5) is 25.4. The van der Waals surface area contributed by atoms with E-state index in [-0.39, 0.29) is 12.5 Å². The lowest BCUT2D eigenvalue weighted by Gasteiger charge is -2.29. The van der Waals surface area contributed by atoms with Crippen molar-refractivity contribution in [1.29, 1.82) is 0 Å². The Bertz CT molecular complexity index is 1370. The Morgan fingerprint density at radius 1 is 0.554 bits per heavy atom. The number of hydrogen-bond acceptors (Lipinski definition) is 6. The van der Waals surface area contributed by atoms with Crippen LogP contribution in [0.5, 0.6) is 0 Å². The normalized spacial score (nSPS) is 14.9. The molecule has 0 radical (unpaired) electrons. The highest BCUT2D eigenvalue weighted by molar-refractivity contribution is 7.45.